The summed E-state index contributed by atoms with van der Waals surface area (Å²) in [6.07, 6.45) is 2.71. The van der Waals surface area contributed by atoms with Crippen LogP contribution in [0.4, 0.5) is 0 Å². The molecule has 62 valence electrons. The summed E-state index contributed by atoms with van der Waals surface area (Å²) < 4.78 is 1.08. The monoisotopic (exact) mass is 260 g/mol. The molecule has 0 spiro atoms. The maximum absolute atomic E-state index is 8.43. The zero-order chi connectivity index (χ0) is 8.04. The Hall–Kier alpha value is 0.610. The lowest BCUT2D eigenvalue weighted by atomic mass is 10.2. The van der Waals surface area contributed by atoms with E-state index in [1.54, 1.807) is 0 Å². The average Bonchev–Trinajstić information content (AvgIpc) is 1.78. The van der Waals surface area contributed by atoms with E-state index in [0.29, 0.717) is 6.42 Å². The molecule has 0 radical (unpaired) electrons. The SMILES string of the molecule is OC(O)(O)CCCCCI. The maximum Gasteiger partial charge on any atom is 0.275 e. The summed E-state index contributed by atoms with van der Waals surface area (Å²) in [7, 11) is 0. The van der Waals surface area contributed by atoms with E-state index >= 15 is 0 Å². The van der Waals surface area contributed by atoms with Crippen LogP contribution in [0, 0.1) is 0 Å². The van der Waals surface area contributed by atoms with Crippen LogP contribution in [0.1, 0.15) is 25.7 Å². The highest BCUT2D eigenvalue weighted by molar-refractivity contribution is 14.1. The minimum atomic E-state index is -2.45. The van der Waals surface area contributed by atoms with E-state index in [1.807, 2.05) is 0 Å². The molecule has 0 bridgehead atoms. The van der Waals surface area contributed by atoms with Crippen LogP contribution in [0.15, 0.2) is 0 Å². The third kappa shape index (κ3) is 8.61. The number of hydrogen-bond donors (Lipinski definition) is 3. The minimum absolute atomic E-state index is 0.0453. The molecule has 0 atom stereocenters. The van der Waals surface area contributed by atoms with Gasteiger partial charge in [-0.3, -0.25) is 0 Å². The molecular formula is C6H13IO3. The quantitative estimate of drug-likeness (QED) is 0.294. The fourth-order valence-corrected chi connectivity index (χ4v) is 1.17. The molecule has 0 amide bonds. The van der Waals surface area contributed by atoms with Gasteiger partial charge in [0.25, 0.3) is 5.97 Å². The molecule has 10 heavy (non-hydrogen) atoms. The number of aliphatic hydroxyl groups is 3. The van der Waals surface area contributed by atoms with Gasteiger partial charge < -0.3 is 15.3 Å². The Bertz CT molecular complexity index is 79.6. The summed E-state index contributed by atoms with van der Waals surface area (Å²) in [4.78, 5) is 0. The van der Waals surface area contributed by atoms with Crippen molar-refractivity contribution in [3.8, 4) is 0 Å². The zero-order valence-electron chi connectivity index (χ0n) is 5.76. The molecule has 0 heterocycles. The number of rotatable bonds is 5. The van der Waals surface area contributed by atoms with Crippen molar-refractivity contribution in [3.05, 3.63) is 0 Å². The number of hydrogen-bond acceptors (Lipinski definition) is 3. The normalized spacial score (nSPS) is 12.0. The Morgan fingerprint density at radius 1 is 1.00 bits per heavy atom. The first-order chi connectivity index (χ1) is 4.56. The van der Waals surface area contributed by atoms with Gasteiger partial charge in [0.1, 0.15) is 0 Å². The van der Waals surface area contributed by atoms with Crippen molar-refractivity contribution < 1.29 is 15.3 Å². The van der Waals surface area contributed by atoms with Gasteiger partial charge in [-0.25, -0.2) is 0 Å². The first-order valence-corrected chi connectivity index (χ1v) is 4.82. The minimum Gasteiger partial charge on any atom is -0.344 e. The number of halogens is 1. The molecule has 0 rings (SSSR count). The van der Waals surface area contributed by atoms with Crippen LogP contribution >= 0.6 is 22.6 Å². The van der Waals surface area contributed by atoms with Crippen LogP contribution in [0.25, 0.3) is 0 Å². The fourth-order valence-electron chi connectivity index (χ4n) is 0.633. The van der Waals surface area contributed by atoms with Crippen molar-refractivity contribution in [2.24, 2.45) is 0 Å². The smallest absolute Gasteiger partial charge is 0.275 e. The molecule has 0 saturated heterocycles. The van der Waals surface area contributed by atoms with Gasteiger partial charge in [-0.05, 0) is 17.3 Å². The topological polar surface area (TPSA) is 60.7 Å². The maximum atomic E-state index is 8.43. The van der Waals surface area contributed by atoms with Gasteiger partial charge in [0.2, 0.25) is 0 Å². The predicted molar refractivity (Wildman–Crippen MR) is 46.7 cm³/mol. The molecule has 0 aromatic heterocycles. The third-order valence-electron chi connectivity index (χ3n) is 1.15. The fraction of sp³-hybridized carbons (Fsp3) is 1.00. The summed E-state index contributed by atoms with van der Waals surface area (Å²) >= 11 is 2.26. The van der Waals surface area contributed by atoms with E-state index in [9.17, 15) is 0 Å². The van der Waals surface area contributed by atoms with Crippen molar-refractivity contribution in [2.45, 2.75) is 31.7 Å². The van der Waals surface area contributed by atoms with Crippen molar-refractivity contribution in [2.75, 3.05) is 4.43 Å². The summed E-state index contributed by atoms with van der Waals surface area (Å²) in [5.41, 5.74) is 0. The molecule has 0 aromatic rings. The molecular weight excluding hydrogens is 247 g/mol. The van der Waals surface area contributed by atoms with Crippen LogP contribution in [-0.4, -0.2) is 25.7 Å². The lowest BCUT2D eigenvalue weighted by Crippen LogP contribution is -2.26. The van der Waals surface area contributed by atoms with Crippen LogP contribution in [0.3, 0.4) is 0 Å². The molecule has 3 N–H and O–H groups in total. The Morgan fingerprint density at radius 3 is 2.00 bits per heavy atom. The summed E-state index contributed by atoms with van der Waals surface area (Å²) in [6, 6.07) is 0. The Balaban J connectivity index is 3.04. The highest BCUT2D eigenvalue weighted by Crippen LogP contribution is 2.08. The van der Waals surface area contributed by atoms with Gasteiger partial charge in [-0.1, -0.05) is 29.0 Å². The van der Waals surface area contributed by atoms with Crippen LogP contribution < -0.4 is 0 Å². The van der Waals surface area contributed by atoms with Crippen molar-refractivity contribution in [1.29, 1.82) is 0 Å². The standard InChI is InChI=1S/C6H13IO3/c7-5-3-1-2-4-6(8,9)10/h8-10H,1-5H2. The highest BCUT2D eigenvalue weighted by Gasteiger charge is 2.16. The Labute approximate surface area is 74.2 Å². The summed E-state index contributed by atoms with van der Waals surface area (Å²) in [6.45, 7) is 0. The molecule has 0 unspecified atom stereocenters. The first-order valence-electron chi connectivity index (χ1n) is 3.29. The van der Waals surface area contributed by atoms with Crippen LogP contribution in [0.5, 0.6) is 0 Å². The van der Waals surface area contributed by atoms with E-state index in [-0.39, 0.29) is 6.42 Å². The largest absolute Gasteiger partial charge is 0.344 e. The van der Waals surface area contributed by atoms with E-state index in [2.05, 4.69) is 22.6 Å². The second-order valence-corrected chi connectivity index (χ2v) is 3.35. The van der Waals surface area contributed by atoms with Gasteiger partial charge in [-0.15, -0.1) is 0 Å². The molecule has 0 fully saturated rings. The van der Waals surface area contributed by atoms with Gasteiger partial charge in [-0.2, -0.15) is 0 Å². The lowest BCUT2D eigenvalue weighted by Gasteiger charge is -2.12. The van der Waals surface area contributed by atoms with E-state index < -0.39 is 5.97 Å². The van der Waals surface area contributed by atoms with Gasteiger partial charge in [0.15, 0.2) is 0 Å². The highest BCUT2D eigenvalue weighted by atomic mass is 127. The zero-order valence-corrected chi connectivity index (χ0v) is 7.91. The summed E-state index contributed by atoms with van der Waals surface area (Å²) in [5.74, 6) is -2.45. The Morgan fingerprint density at radius 2 is 1.60 bits per heavy atom. The second kappa shape index (κ2) is 5.29. The molecule has 0 aliphatic carbocycles. The van der Waals surface area contributed by atoms with Gasteiger partial charge in [0, 0.05) is 6.42 Å². The number of unbranched alkanes of at least 4 members (excludes halogenated alkanes) is 2. The van der Waals surface area contributed by atoms with Crippen molar-refractivity contribution in [3.63, 3.8) is 0 Å². The molecule has 0 aromatic carbocycles. The third-order valence-corrected chi connectivity index (χ3v) is 1.91. The average molecular weight is 260 g/mol. The molecule has 4 heteroatoms. The molecule has 0 aliphatic heterocycles. The van der Waals surface area contributed by atoms with E-state index in [0.717, 1.165) is 17.3 Å². The Kier molecular flexibility index (Phi) is 5.61. The second-order valence-electron chi connectivity index (χ2n) is 2.27. The molecule has 3 nitrogen and oxygen atoms in total. The van der Waals surface area contributed by atoms with Crippen molar-refractivity contribution >= 4 is 22.6 Å². The molecule has 0 saturated carbocycles. The predicted octanol–water partition coefficient (Wildman–Crippen LogP) is 0.613. The van der Waals surface area contributed by atoms with Gasteiger partial charge in [0.05, 0.1) is 0 Å². The van der Waals surface area contributed by atoms with E-state index in [4.69, 9.17) is 15.3 Å². The van der Waals surface area contributed by atoms with E-state index in [1.165, 1.54) is 0 Å². The summed E-state index contributed by atoms with van der Waals surface area (Å²) in [5, 5.41) is 25.3. The van der Waals surface area contributed by atoms with Gasteiger partial charge >= 0.3 is 0 Å². The lowest BCUT2D eigenvalue weighted by molar-refractivity contribution is -0.314. The molecule has 0 aliphatic rings. The van der Waals surface area contributed by atoms with Crippen LogP contribution in [0.2, 0.25) is 0 Å². The first kappa shape index (κ1) is 10.6. The van der Waals surface area contributed by atoms with Crippen LogP contribution in [-0.2, 0) is 0 Å². The number of alkyl halides is 1. The van der Waals surface area contributed by atoms with Crippen molar-refractivity contribution in [1.82, 2.24) is 0 Å².